The van der Waals surface area contributed by atoms with Gasteiger partial charge in [-0.3, -0.25) is 4.90 Å². The lowest BCUT2D eigenvalue weighted by atomic mass is 9.93. The summed E-state index contributed by atoms with van der Waals surface area (Å²) in [6.07, 6.45) is 5.13. The van der Waals surface area contributed by atoms with Crippen LogP contribution < -0.4 is 10.6 Å². The Morgan fingerprint density at radius 1 is 1.03 bits per heavy atom. The number of anilines is 3. The van der Waals surface area contributed by atoms with Gasteiger partial charge in [0.1, 0.15) is 16.5 Å². The minimum atomic E-state index is -0.253. The van der Waals surface area contributed by atoms with Crippen LogP contribution in [0.25, 0.3) is 22.2 Å². The summed E-state index contributed by atoms with van der Waals surface area (Å²) in [6, 6.07) is 14.1. The van der Waals surface area contributed by atoms with Gasteiger partial charge in [0.05, 0.1) is 25.5 Å². The third-order valence-electron chi connectivity index (χ3n) is 6.79. The SMILES string of the molecule is OC1CCCC(Nc2cc(CN3CCOCC3)cc(Nc3ncc(-c4nnc(-c5ccccc5)o4)s3)n2)C1. The van der Waals surface area contributed by atoms with Gasteiger partial charge >= 0.3 is 0 Å². The van der Waals surface area contributed by atoms with E-state index in [9.17, 15) is 5.11 Å². The standard InChI is InChI=1S/C27H31N7O3S/c35-21-8-4-7-20(15-21)29-23-13-18(17-34-9-11-36-12-10-34)14-24(30-23)31-27-28-16-22(38-27)26-33-32-25(37-26)19-5-2-1-3-6-19/h1-3,5-6,13-14,16,20-21,35H,4,7-12,15,17H2,(H2,28,29,30,31). The molecule has 198 valence electrons. The normalized spacial score (nSPS) is 20.3. The third kappa shape index (κ3) is 6.18. The number of benzene rings is 1. The average Bonchev–Trinajstić information content (AvgIpc) is 3.60. The molecule has 1 saturated carbocycles. The number of pyridine rings is 1. The maximum absolute atomic E-state index is 10.1. The molecule has 1 aliphatic heterocycles. The second-order valence-electron chi connectivity index (χ2n) is 9.73. The van der Waals surface area contributed by atoms with Crippen molar-refractivity contribution >= 4 is 28.1 Å². The van der Waals surface area contributed by atoms with Gasteiger partial charge in [-0.2, -0.15) is 0 Å². The van der Waals surface area contributed by atoms with E-state index in [2.05, 4.69) is 42.8 Å². The molecule has 1 saturated heterocycles. The Hall–Kier alpha value is -3.38. The van der Waals surface area contributed by atoms with Gasteiger partial charge in [0.25, 0.3) is 5.89 Å². The monoisotopic (exact) mass is 533 g/mol. The van der Waals surface area contributed by atoms with Gasteiger partial charge in [0, 0.05) is 31.2 Å². The van der Waals surface area contributed by atoms with Crippen molar-refractivity contribution in [3.05, 3.63) is 54.2 Å². The number of hydrogen-bond acceptors (Lipinski definition) is 11. The van der Waals surface area contributed by atoms with E-state index in [1.807, 2.05) is 30.3 Å². The van der Waals surface area contributed by atoms with Crippen molar-refractivity contribution in [2.75, 3.05) is 36.9 Å². The molecule has 3 N–H and O–H groups in total. The molecule has 1 aliphatic carbocycles. The smallest absolute Gasteiger partial charge is 0.259 e. The van der Waals surface area contributed by atoms with Gasteiger partial charge in [0.15, 0.2) is 5.13 Å². The van der Waals surface area contributed by atoms with Crippen molar-refractivity contribution in [3.8, 4) is 22.2 Å². The lowest BCUT2D eigenvalue weighted by molar-refractivity contribution is 0.0342. The van der Waals surface area contributed by atoms with E-state index in [4.69, 9.17) is 14.1 Å². The molecular weight excluding hydrogens is 502 g/mol. The first kappa shape index (κ1) is 24.9. The maximum atomic E-state index is 10.1. The minimum absolute atomic E-state index is 0.209. The summed E-state index contributed by atoms with van der Waals surface area (Å²) in [5, 5.41) is 26.1. The van der Waals surface area contributed by atoms with Gasteiger partial charge in [-0.25, -0.2) is 9.97 Å². The van der Waals surface area contributed by atoms with Crippen molar-refractivity contribution in [1.82, 2.24) is 25.1 Å². The van der Waals surface area contributed by atoms with E-state index in [0.29, 0.717) is 22.7 Å². The number of morpholine rings is 1. The molecule has 11 heteroatoms. The third-order valence-corrected chi connectivity index (χ3v) is 7.69. The number of rotatable bonds is 8. The van der Waals surface area contributed by atoms with Crippen LogP contribution in [0.15, 0.2) is 53.1 Å². The molecule has 4 heterocycles. The molecule has 0 bridgehead atoms. The van der Waals surface area contributed by atoms with Crippen LogP contribution in [0.2, 0.25) is 0 Å². The molecular formula is C27H31N7O3S. The summed E-state index contributed by atoms with van der Waals surface area (Å²) < 4.78 is 11.4. The molecule has 2 fully saturated rings. The second-order valence-corrected chi connectivity index (χ2v) is 10.8. The number of nitrogens with zero attached hydrogens (tertiary/aromatic N) is 5. The number of hydrogen-bond donors (Lipinski definition) is 3. The first-order chi connectivity index (χ1) is 18.7. The Kier molecular flexibility index (Phi) is 7.59. The molecule has 3 aromatic heterocycles. The Balaban J connectivity index is 1.20. The topological polar surface area (TPSA) is 121 Å². The van der Waals surface area contributed by atoms with Gasteiger partial charge in [0.2, 0.25) is 5.89 Å². The lowest BCUT2D eigenvalue weighted by Gasteiger charge is -2.28. The predicted molar refractivity (Wildman–Crippen MR) is 146 cm³/mol. The van der Waals surface area contributed by atoms with Gasteiger partial charge in [-0.15, -0.1) is 10.2 Å². The first-order valence-corrected chi connectivity index (χ1v) is 13.9. The van der Waals surface area contributed by atoms with Gasteiger partial charge in [-0.05, 0) is 55.5 Å². The van der Waals surface area contributed by atoms with E-state index in [0.717, 1.165) is 80.4 Å². The van der Waals surface area contributed by atoms with Gasteiger partial charge in [-0.1, -0.05) is 29.5 Å². The Morgan fingerprint density at radius 3 is 2.68 bits per heavy atom. The van der Waals surface area contributed by atoms with Gasteiger partial charge < -0.3 is 24.9 Å². The van der Waals surface area contributed by atoms with Crippen LogP contribution in [0.3, 0.4) is 0 Å². The van der Waals surface area contributed by atoms with Crippen molar-refractivity contribution in [1.29, 1.82) is 0 Å². The van der Waals surface area contributed by atoms with E-state index in [1.54, 1.807) is 6.20 Å². The molecule has 1 aromatic carbocycles. The first-order valence-electron chi connectivity index (χ1n) is 13.1. The van der Waals surface area contributed by atoms with Crippen LogP contribution in [0.1, 0.15) is 31.2 Å². The molecule has 38 heavy (non-hydrogen) atoms. The number of aromatic nitrogens is 4. The fourth-order valence-electron chi connectivity index (χ4n) is 4.90. The van der Waals surface area contributed by atoms with Crippen molar-refractivity contribution in [2.45, 2.75) is 44.4 Å². The highest BCUT2D eigenvalue weighted by molar-refractivity contribution is 7.18. The van der Waals surface area contributed by atoms with Crippen LogP contribution in [-0.2, 0) is 11.3 Å². The van der Waals surface area contributed by atoms with Crippen molar-refractivity contribution < 1.29 is 14.3 Å². The zero-order chi connectivity index (χ0) is 25.7. The van der Waals surface area contributed by atoms with E-state index >= 15 is 0 Å². The molecule has 0 amide bonds. The Morgan fingerprint density at radius 2 is 1.84 bits per heavy atom. The average molecular weight is 534 g/mol. The van der Waals surface area contributed by atoms with Crippen LogP contribution in [0.4, 0.5) is 16.8 Å². The van der Waals surface area contributed by atoms with E-state index in [1.165, 1.54) is 11.3 Å². The molecule has 2 atom stereocenters. The van der Waals surface area contributed by atoms with Crippen molar-refractivity contribution in [3.63, 3.8) is 0 Å². The van der Waals surface area contributed by atoms with Crippen LogP contribution in [0, 0.1) is 0 Å². The summed E-state index contributed by atoms with van der Waals surface area (Å²) >= 11 is 1.43. The molecule has 10 nitrogen and oxygen atoms in total. The molecule has 0 radical (unpaired) electrons. The molecule has 2 unspecified atom stereocenters. The largest absolute Gasteiger partial charge is 0.415 e. The molecule has 0 spiro atoms. The van der Waals surface area contributed by atoms with Crippen LogP contribution in [-0.4, -0.2) is 68.6 Å². The van der Waals surface area contributed by atoms with E-state index < -0.39 is 0 Å². The summed E-state index contributed by atoms with van der Waals surface area (Å²) in [6.45, 7) is 4.15. The lowest BCUT2D eigenvalue weighted by Crippen LogP contribution is -2.35. The highest BCUT2D eigenvalue weighted by Crippen LogP contribution is 2.32. The molecule has 2 aliphatic rings. The Bertz CT molecular complexity index is 1340. The summed E-state index contributed by atoms with van der Waals surface area (Å²) in [5.41, 5.74) is 2.03. The highest BCUT2D eigenvalue weighted by atomic mass is 32.1. The predicted octanol–water partition coefficient (Wildman–Crippen LogP) is 4.55. The molecule has 4 aromatic rings. The van der Waals surface area contributed by atoms with E-state index in [-0.39, 0.29) is 12.1 Å². The minimum Gasteiger partial charge on any atom is -0.415 e. The van der Waals surface area contributed by atoms with Crippen LogP contribution in [0.5, 0.6) is 0 Å². The quantitative estimate of drug-likeness (QED) is 0.297. The Labute approximate surface area is 225 Å². The van der Waals surface area contributed by atoms with Crippen molar-refractivity contribution in [2.24, 2.45) is 0 Å². The summed E-state index contributed by atoms with van der Waals surface area (Å²) in [4.78, 5) is 12.5. The fraction of sp³-hybridized carbons (Fsp3) is 0.407. The number of aliphatic hydroxyl groups excluding tert-OH is 1. The number of ether oxygens (including phenoxy) is 1. The zero-order valence-electron chi connectivity index (χ0n) is 21.0. The molecule has 6 rings (SSSR count). The number of aliphatic hydroxyl groups is 1. The number of thiazole rings is 1. The highest BCUT2D eigenvalue weighted by Gasteiger charge is 2.21. The number of nitrogens with one attached hydrogen (secondary N) is 2. The fourth-order valence-corrected chi connectivity index (χ4v) is 5.64. The summed E-state index contributed by atoms with van der Waals surface area (Å²) in [7, 11) is 0. The zero-order valence-corrected chi connectivity index (χ0v) is 21.9. The summed E-state index contributed by atoms with van der Waals surface area (Å²) in [5.74, 6) is 2.43. The second kappa shape index (κ2) is 11.6. The maximum Gasteiger partial charge on any atom is 0.259 e. The van der Waals surface area contributed by atoms with Crippen LogP contribution >= 0.6 is 11.3 Å².